The Hall–Kier alpha value is -1.56. The van der Waals surface area contributed by atoms with Crippen molar-refractivity contribution in [3.63, 3.8) is 0 Å². The van der Waals surface area contributed by atoms with Gasteiger partial charge in [-0.2, -0.15) is 0 Å². The molecule has 0 aliphatic carbocycles. The number of hydrogen-bond donors (Lipinski definition) is 1. The third-order valence-corrected chi connectivity index (χ3v) is 6.60. The van der Waals surface area contributed by atoms with Gasteiger partial charge in [-0.15, -0.1) is 0 Å². The minimum Gasteiger partial charge on any atom is -0.356 e. The zero-order chi connectivity index (χ0) is 22.0. The molecular weight excluding hydrogens is 384 g/mol. The van der Waals surface area contributed by atoms with Crippen LogP contribution in [-0.2, 0) is 14.8 Å². The molecule has 0 aromatic heterocycles. The lowest BCUT2D eigenvalue weighted by atomic mass is 9.98. The molecule has 0 aliphatic heterocycles. The standard InChI is InChI=1S/C23H40N2O3S/c1-7-9-13-20(8-2)17-24-22(26)15-11-16-25(29(6,27)28)23-19(5)12-10-14-21(23)18(3)4/h10,12,14,18,20H,7-9,11,13,15-17H2,1-6H3,(H,24,26). The van der Waals surface area contributed by atoms with E-state index in [4.69, 9.17) is 0 Å². The molecule has 1 aromatic carbocycles. The predicted molar refractivity (Wildman–Crippen MR) is 123 cm³/mol. The monoisotopic (exact) mass is 424 g/mol. The smallest absolute Gasteiger partial charge is 0.232 e. The van der Waals surface area contributed by atoms with Gasteiger partial charge in [0, 0.05) is 19.5 Å². The number of carbonyl (C=O) groups is 1. The fourth-order valence-electron chi connectivity index (χ4n) is 3.60. The Labute approximate surface area is 178 Å². The molecule has 1 atom stereocenters. The van der Waals surface area contributed by atoms with Crippen LogP contribution >= 0.6 is 0 Å². The van der Waals surface area contributed by atoms with E-state index in [0.29, 0.717) is 31.8 Å². The average Bonchev–Trinajstić information content (AvgIpc) is 2.64. The molecule has 0 fully saturated rings. The van der Waals surface area contributed by atoms with Gasteiger partial charge in [0.1, 0.15) is 0 Å². The molecule has 0 bridgehead atoms. The summed E-state index contributed by atoms with van der Waals surface area (Å²) in [5.74, 6) is 0.737. The van der Waals surface area contributed by atoms with Crippen molar-refractivity contribution in [3.05, 3.63) is 29.3 Å². The number of amides is 1. The van der Waals surface area contributed by atoms with Gasteiger partial charge in [-0.05, 0) is 42.7 Å². The number of hydrogen-bond acceptors (Lipinski definition) is 3. The van der Waals surface area contributed by atoms with Crippen molar-refractivity contribution in [2.75, 3.05) is 23.7 Å². The molecular formula is C23H40N2O3S. The number of benzene rings is 1. The normalized spacial score (nSPS) is 12.8. The third-order valence-electron chi connectivity index (χ3n) is 5.44. The first-order chi connectivity index (χ1) is 13.6. The maximum absolute atomic E-state index is 12.5. The largest absolute Gasteiger partial charge is 0.356 e. The Morgan fingerprint density at radius 1 is 1.17 bits per heavy atom. The van der Waals surface area contributed by atoms with Crippen LogP contribution in [0.3, 0.4) is 0 Å². The molecule has 0 spiro atoms. The van der Waals surface area contributed by atoms with Gasteiger partial charge < -0.3 is 5.32 Å². The van der Waals surface area contributed by atoms with E-state index in [1.165, 1.54) is 23.4 Å². The van der Waals surface area contributed by atoms with Crippen LogP contribution in [0.1, 0.15) is 83.3 Å². The summed E-state index contributed by atoms with van der Waals surface area (Å²) < 4.78 is 26.5. The van der Waals surface area contributed by atoms with Gasteiger partial charge in [-0.3, -0.25) is 9.10 Å². The second kappa shape index (κ2) is 12.2. The number of nitrogens with one attached hydrogen (secondary N) is 1. The van der Waals surface area contributed by atoms with E-state index >= 15 is 0 Å². The van der Waals surface area contributed by atoms with E-state index in [1.807, 2.05) is 25.1 Å². The molecule has 0 saturated carbocycles. The van der Waals surface area contributed by atoms with Crippen LogP contribution in [0.4, 0.5) is 5.69 Å². The Balaban J connectivity index is 2.75. The molecule has 1 aromatic rings. The molecule has 1 N–H and O–H groups in total. The summed E-state index contributed by atoms with van der Waals surface area (Å²) in [5.41, 5.74) is 2.71. The van der Waals surface area contributed by atoms with E-state index in [1.54, 1.807) is 0 Å². The molecule has 29 heavy (non-hydrogen) atoms. The van der Waals surface area contributed by atoms with Crippen LogP contribution in [-0.4, -0.2) is 33.7 Å². The maximum atomic E-state index is 12.5. The zero-order valence-electron chi connectivity index (χ0n) is 19.1. The summed E-state index contributed by atoms with van der Waals surface area (Å²) >= 11 is 0. The van der Waals surface area contributed by atoms with Crippen LogP contribution in [0, 0.1) is 12.8 Å². The number of unbranched alkanes of at least 4 members (excludes halogenated alkanes) is 1. The van der Waals surface area contributed by atoms with E-state index in [9.17, 15) is 13.2 Å². The summed E-state index contributed by atoms with van der Waals surface area (Å²) in [6.45, 7) is 11.4. The Morgan fingerprint density at radius 2 is 1.86 bits per heavy atom. The fourth-order valence-corrected chi connectivity index (χ4v) is 4.65. The van der Waals surface area contributed by atoms with Gasteiger partial charge in [0.2, 0.25) is 15.9 Å². The predicted octanol–water partition coefficient (Wildman–Crippen LogP) is 5.00. The van der Waals surface area contributed by atoms with Crippen molar-refractivity contribution in [2.45, 2.75) is 79.1 Å². The van der Waals surface area contributed by atoms with E-state index in [2.05, 4.69) is 33.0 Å². The first kappa shape index (κ1) is 25.5. The van der Waals surface area contributed by atoms with Crippen LogP contribution < -0.4 is 9.62 Å². The molecule has 1 rings (SSSR count). The number of nitrogens with zero attached hydrogens (tertiary/aromatic N) is 1. The number of sulfonamides is 1. The highest BCUT2D eigenvalue weighted by atomic mass is 32.2. The SMILES string of the molecule is CCCCC(CC)CNC(=O)CCCN(c1c(C)cccc1C(C)C)S(C)(=O)=O. The van der Waals surface area contributed by atoms with E-state index < -0.39 is 10.0 Å². The molecule has 0 aliphatic rings. The highest BCUT2D eigenvalue weighted by molar-refractivity contribution is 7.92. The summed E-state index contributed by atoms with van der Waals surface area (Å²) in [6, 6.07) is 5.89. The number of aryl methyl sites for hydroxylation is 1. The first-order valence-corrected chi connectivity index (χ1v) is 12.8. The van der Waals surface area contributed by atoms with Gasteiger partial charge >= 0.3 is 0 Å². The lowest BCUT2D eigenvalue weighted by Gasteiger charge is -2.28. The Bertz CT molecular complexity index is 744. The molecule has 5 nitrogen and oxygen atoms in total. The minimum absolute atomic E-state index is 0.00210. The maximum Gasteiger partial charge on any atom is 0.232 e. The summed E-state index contributed by atoms with van der Waals surface area (Å²) in [7, 11) is -3.43. The number of para-hydroxylation sites is 1. The van der Waals surface area contributed by atoms with Crippen LogP contribution in [0.15, 0.2) is 18.2 Å². The van der Waals surface area contributed by atoms with Gasteiger partial charge in [-0.25, -0.2) is 8.42 Å². The molecule has 1 unspecified atom stereocenters. The van der Waals surface area contributed by atoms with Crippen molar-refractivity contribution in [1.29, 1.82) is 0 Å². The van der Waals surface area contributed by atoms with Crippen LogP contribution in [0.5, 0.6) is 0 Å². The van der Waals surface area contributed by atoms with Crippen molar-refractivity contribution in [2.24, 2.45) is 5.92 Å². The Morgan fingerprint density at radius 3 is 2.41 bits per heavy atom. The van der Waals surface area contributed by atoms with Gasteiger partial charge in [0.25, 0.3) is 0 Å². The zero-order valence-corrected chi connectivity index (χ0v) is 19.9. The number of rotatable bonds is 13. The lowest BCUT2D eigenvalue weighted by Crippen LogP contribution is -2.34. The Kier molecular flexibility index (Phi) is 10.7. The van der Waals surface area contributed by atoms with E-state index in [0.717, 1.165) is 29.7 Å². The fraction of sp³-hybridized carbons (Fsp3) is 0.696. The molecule has 6 heteroatoms. The second-order valence-corrected chi connectivity index (χ2v) is 10.2. The second-order valence-electron chi connectivity index (χ2n) is 8.33. The first-order valence-electron chi connectivity index (χ1n) is 11.0. The highest BCUT2D eigenvalue weighted by Crippen LogP contribution is 2.32. The topological polar surface area (TPSA) is 66.5 Å². The molecule has 0 saturated heterocycles. The average molecular weight is 425 g/mol. The molecule has 1 amide bonds. The van der Waals surface area contributed by atoms with Gasteiger partial charge in [0.05, 0.1) is 11.9 Å². The summed E-state index contributed by atoms with van der Waals surface area (Å²) in [6.07, 6.45) is 6.63. The van der Waals surface area contributed by atoms with Crippen molar-refractivity contribution in [1.82, 2.24) is 5.32 Å². The van der Waals surface area contributed by atoms with Gasteiger partial charge in [0.15, 0.2) is 0 Å². The highest BCUT2D eigenvalue weighted by Gasteiger charge is 2.23. The lowest BCUT2D eigenvalue weighted by molar-refractivity contribution is -0.121. The van der Waals surface area contributed by atoms with Crippen LogP contribution in [0.2, 0.25) is 0 Å². The molecule has 166 valence electrons. The number of carbonyl (C=O) groups excluding carboxylic acids is 1. The van der Waals surface area contributed by atoms with Crippen molar-refractivity contribution in [3.8, 4) is 0 Å². The van der Waals surface area contributed by atoms with Crippen molar-refractivity contribution < 1.29 is 13.2 Å². The van der Waals surface area contributed by atoms with E-state index in [-0.39, 0.29) is 11.8 Å². The number of anilines is 1. The van der Waals surface area contributed by atoms with Gasteiger partial charge in [-0.1, -0.05) is 65.2 Å². The molecule has 0 radical (unpaired) electrons. The molecule has 0 heterocycles. The summed E-state index contributed by atoms with van der Waals surface area (Å²) in [4.78, 5) is 12.3. The quantitative estimate of drug-likeness (QED) is 0.485. The minimum atomic E-state index is -3.43. The third kappa shape index (κ3) is 8.37. The summed E-state index contributed by atoms with van der Waals surface area (Å²) in [5, 5.41) is 3.03. The van der Waals surface area contributed by atoms with Crippen LogP contribution in [0.25, 0.3) is 0 Å². The van der Waals surface area contributed by atoms with Crippen molar-refractivity contribution >= 4 is 21.6 Å².